The number of benzene rings is 2. The first-order chi connectivity index (χ1) is 13.3. The Morgan fingerprint density at radius 3 is 2.11 bits per heavy atom. The van der Waals surface area contributed by atoms with Crippen LogP contribution in [0.3, 0.4) is 0 Å². The van der Waals surface area contributed by atoms with Gasteiger partial charge in [-0.25, -0.2) is 0 Å². The van der Waals surface area contributed by atoms with Crippen LogP contribution in [0.4, 0.5) is 5.69 Å². The highest BCUT2D eigenvalue weighted by Gasteiger charge is 2.15. The van der Waals surface area contributed by atoms with Crippen molar-refractivity contribution >= 4 is 23.5 Å². The van der Waals surface area contributed by atoms with E-state index in [9.17, 15) is 14.4 Å². The first-order valence-corrected chi connectivity index (χ1v) is 9.32. The van der Waals surface area contributed by atoms with Crippen LogP contribution in [0.2, 0.25) is 0 Å². The van der Waals surface area contributed by atoms with E-state index in [1.165, 1.54) is 12.5 Å². The average Bonchev–Trinajstić information content (AvgIpc) is 2.68. The molecule has 2 aromatic carbocycles. The Labute approximate surface area is 165 Å². The van der Waals surface area contributed by atoms with Crippen LogP contribution in [0.5, 0.6) is 0 Å². The number of carbonyl (C=O) groups excluding carboxylic acids is 2. The number of hydrogen-bond donors (Lipinski definition) is 3. The molecule has 6 nitrogen and oxygen atoms in total. The topological polar surface area (TPSA) is 95.5 Å². The minimum Gasteiger partial charge on any atom is -0.480 e. The zero-order valence-corrected chi connectivity index (χ0v) is 16.4. The molecule has 3 N–H and O–H groups in total. The third-order valence-electron chi connectivity index (χ3n) is 4.60. The van der Waals surface area contributed by atoms with Gasteiger partial charge in [0.25, 0.3) is 5.91 Å². The molecular formula is C22H26N2O4. The zero-order chi connectivity index (χ0) is 20.7. The molecule has 148 valence electrons. The largest absolute Gasteiger partial charge is 0.480 e. The Morgan fingerprint density at radius 2 is 1.57 bits per heavy atom. The number of hydrogen-bond acceptors (Lipinski definition) is 3. The van der Waals surface area contributed by atoms with E-state index in [0.29, 0.717) is 17.7 Å². The average molecular weight is 382 g/mol. The second-order valence-electron chi connectivity index (χ2n) is 6.86. The lowest BCUT2D eigenvalue weighted by atomic mass is 9.96. The Bertz CT molecular complexity index is 829. The van der Waals surface area contributed by atoms with Crippen molar-refractivity contribution in [3.63, 3.8) is 0 Å². The molecule has 2 amide bonds. The Morgan fingerprint density at radius 1 is 0.964 bits per heavy atom. The fourth-order valence-corrected chi connectivity index (χ4v) is 2.74. The molecule has 2 rings (SSSR count). The maximum atomic E-state index is 12.3. The van der Waals surface area contributed by atoms with Crippen molar-refractivity contribution in [2.24, 2.45) is 0 Å². The molecule has 0 bridgehead atoms. The maximum Gasteiger partial charge on any atom is 0.325 e. The lowest BCUT2D eigenvalue weighted by Gasteiger charge is -2.13. The second-order valence-corrected chi connectivity index (χ2v) is 6.86. The van der Waals surface area contributed by atoms with Crippen molar-refractivity contribution in [2.75, 3.05) is 5.32 Å². The molecule has 2 aromatic rings. The van der Waals surface area contributed by atoms with Gasteiger partial charge in [0.15, 0.2) is 0 Å². The molecule has 0 radical (unpaired) electrons. The molecule has 0 aliphatic carbocycles. The minimum atomic E-state index is -1.10. The van der Waals surface area contributed by atoms with Gasteiger partial charge in [0.2, 0.25) is 5.91 Å². The fourth-order valence-electron chi connectivity index (χ4n) is 2.74. The number of carboxylic acids is 1. The van der Waals surface area contributed by atoms with Gasteiger partial charge < -0.3 is 15.7 Å². The van der Waals surface area contributed by atoms with Crippen molar-refractivity contribution < 1.29 is 19.5 Å². The number of amides is 2. The van der Waals surface area contributed by atoms with Gasteiger partial charge >= 0.3 is 5.97 Å². The van der Waals surface area contributed by atoms with Crippen LogP contribution in [0.15, 0.2) is 48.5 Å². The minimum absolute atomic E-state index is 0.0912. The van der Waals surface area contributed by atoms with E-state index < -0.39 is 17.9 Å². The number of carboxylic acid groups (broad SMARTS) is 1. The molecule has 6 heteroatoms. The lowest BCUT2D eigenvalue weighted by Crippen LogP contribution is -2.38. The predicted molar refractivity (Wildman–Crippen MR) is 108 cm³/mol. The SMILES string of the molecule is CCc1ccc(C(C)CC(=O)Nc2ccc(C(=O)NC(C)C(=O)O)cc2)cc1. The monoisotopic (exact) mass is 382 g/mol. The van der Waals surface area contributed by atoms with Gasteiger partial charge in [-0.15, -0.1) is 0 Å². The van der Waals surface area contributed by atoms with E-state index in [0.717, 1.165) is 12.0 Å². The lowest BCUT2D eigenvalue weighted by molar-refractivity contribution is -0.138. The summed E-state index contributed by atoms with van der Waals surface area (Å²) < 4.78 is 0. The van der Waals surface area contributed by atoms with E-state index in [-0.39, 0.29) is 11.8 Å². The van der Waals surface area contributed by atoms with Crippen LogP contribution < -0.4 is 10.6 Å². The molecule has 0 saturated carbocycles. The van der Waals surface area contributed by atoms with Gasteiger partial charge in [-0.1, -0.05) is 38.1 Å². The van der Waals surface area contributed by atoms with Gasteiger partial charge in [-0.05, 0) is 54.7 Å². The van der Waals surface area contributed by atoms with Gasteiger partial charge in [0, 0.05) is 17.7 Å². The summed E-state index contributed by atoms with van der Waals surface area (Å²) in [5, 5.41) is 14.0. The number of anilines is 1. The van der Waals surface area contributed by atoms with Crippen molar-refractivity contribution in [3.05, 3.63) is 65.2 Å². The Kier molecular flexibility index (Phi) is 7.32. The highest BCUT2D eigenvalue weighted by molar-refractivity contribution is 5.97. The standard InChI is InChI=1S/C22H26N2O4/c1-4-16-5-7-17(8-6-16)14(2)13-20(25)24-19-11-9-18(10-12-19)21(26)23-15(3)22(27)28/h5-12,14-15H,4,13H2,1-3H3,(H,23,26)(H,24,25)(H,27,28). The van der Waals surface area contributed by atoms with Crippen LogP contribution in [0.25, 0.3) is 0 Å². The highest BCUT2D eigenvalue weighted by Crippen LogP contribution is 2.21. The Balaban J connectivity index is 1.91. The van der Waals surface area contributed by atoms with Crippen LogP contribution in [0.1, 0.15) is 54.6 Å². The third-order valence-corrected chi connectivity index (χ3v) is 4.60. The predicted octanol–water partition coefficient (Wildman–Crippen LogP) is 3.58. The molecular weight excluding hydrogens is 356 g/mol. The first kappa shape index (κ1) is 21.2. The highest BCUT2D eigenvalue weighted by atomic mass is 16.4. The zero-order valence-electron chi connectivity index (χ0n) is 16.4. The molecule has 0 spiro atoms. The normalized spacial score (nSPS) is 12.7. The van der Waals surface area contributed by atoms with Crippen molar-refractivity contribution in [1.29, 1.82) is 0 Å². The summed E-state index contributed by atoms with van der Waals surface area (Å²) in [5.41, 5.74) is 3.30. The summed E-state index contributed by atoms with van der Waals surface area (Å²) in [6.45, 7) is 5.51. The fraction of sp³-hybridized carbons (Fsp3) is 0.318. The molecule has 2 unspecified atom stereocenters. The summed E-state index contributed by atoms with van der Waals surface area (Å²) in [4.78, 5) is 35.1. The summed E-state index contributed by atoms with van der Waals surface area (Å²) in [6, 6.07) is 13.7. The molecule has 0 aliphatic heterocycles. The molecule has 0 aliphatic rings. The number of aryl methyl sites for hydroxylation is 1. The quantitative estimate of drug-likeness (QED) is 0.650. The summed E-state index contributed by atoms with van der Waals surface area (Å²) in [6.07, 6.45) is 1.34. The van der Waals surface area contributed by atoms with E-state index in [2.05, 4.69) is 41.8 Å². The third kappa shape index (κ3) is 5.94. The molecule has 0 aromatic heterocycles. The van der Waals surface area contributed by atoms with E-state index in [1.54, 1.807) is 24.3 Å². The van der Waals surface area contributed by atoms with Gasteiger partial charge in [-0.3, -0.25) is 14.4 Å². The second kappa shape index (κ2) is 9.69. The molecule has 0 fully saturated rings. The summed E-state index contributed by atoms with van der Waals surface area (Å²) in [5.74, 6) is -1.59. The summed E-state index contributed by atoms with van der Waals surface area (Å²) >= 11 is 0. The Hall–Kier alpha value is -3.15. The number of nitrogens with one attached hydrogen (secondary N) is 2. The van der Waals surface area contributed by atoms with E-state index in [4.69, 9.17) is 5.11 Å². The maximum absolute atomic E-state index is 12.3. The van der Waals surface area contributed by atoms with Crippen molar-refractivity contribution in [2.45, 2.75) is 45.6 Å². The van der Waals surface area contributed by atoms with Crippen molar-refractivity contribution in [1.82, 2.24) is 5.32 Å². The molecule has 0 heterocycles. The number of carbonyl (C=O) groups is 3. The van der Waals surface area contributed by atoms with Gasteiger partial charge in [0.05, 0.1) is 0 Å². The van der Waals surface area contributed by atoms with Crippen molar-refractivity contribution in [3.8, 4) is 0 Å². The van der Waals surface area contributed by atoms with Gasteiger partial charge in [-0.2, -0.15) is 0 Å². The smallest absolute Gasteiger partial charge is 0.325 e. The van der Waals surface area contributed by atoms with Gasteiger partial charge in [0.1, 0.15) is 6.04 Å². The first-order valence-electron chi connectivity index (χ1n) is 9.32. The van der Waals surface area contributed by atoms with Crippen LogP contribution in [-0.4, -0.2) is 28.9 Å². The van der Waals surface area contributed by atoms with Crippen LogP contribution in [-0.2, 0) is 16.0 Å². The number of aliphatic carboxylic acids is 1. The van der Waals surface area contributed by atoms with E-state index in [1.807, 2.05) is 6.92 Å². The molecule has 28 heavy (non-hydrogen) atoms. The van der Waals surface area contributed by atoms with Crippen LogP contribution >= 0.6 is 0 Å². The number of rotatable bonds is 8. The molecule has 0 saturated heterocycles. The van der Waals surface area contributed by atoms with Crippen LogP contribution in [0, 0.1) is 0 Å². The summed E-state index contributed by atoms with van der Waals surface area (Å²) in [7, 11) is 0. The molecule has 2 atom stereocenters. The van der Waals surface area contributed by atoms with E-state index >= 15 is 0 Å².